The summed E-state index contributed by atoms with van der Waals surface area (Å²) in [7, 11) is 0. The smallest absolute Gasteiger partial charge is 0.250 e. The summed E-state index contributed by atoms with van der Waals surface area (Å²) in [5.41, 5.74) is 8.90. The lowest BCUT2D eigenvalue weighted by Gasteiger charge is -2.13. The lowest BCUT2D eigenvalue weighted by atomic mass is 9.95. The topological polar surface area (TPSA) is 72.2 Å². The van der Waals surface area contributed by atoms with Gasteiger partial charge >= 0.3 is 0 Å². The number of aryl methyl sites for hydroxylation is 1. The number of benzene rings is 2. The van der Waals surface area contributed by atoms with Crippen LogP contribution in [0.15, 0.2) is 48.5 Å². The number of para-hydroxylation sites is 1. The van der Waals surface area contributed by atoms with E-state index in [0.717, 1.165) is 19.3 Å². The summed E-state index contributed by atoms with van der Waals surface area (Å²) in [5.74, 6) is -0.569. The molecule has 3 N–H and O–H groups in total. The number of amides is 2. The van der Waals surface area contributed by atoms with Crippen molar-refractivity contribution in [3.63, 3.8) is 0 Å². The first kappa shape index (κ1) is 14.0. The fourth-order valence-corrected chi connectivity index (χ4v) is 3.97. The molecule has 2 amide bonds. The third kappa shape index (κ3) is 2.13. The number of hydrogen-bond donors (Lipinski definition) is 2. The summed E-state index contributed by atoms with van der Waals surface area (Å²) in [4.78, 5) is 24.1. The average Bonchev–Trinajstić information content (AvgIpc) is 3.18. The summed E-state index contributed by atoms with van der Waals surface area (Å²) in [6, 6.07) is 15.3. The summed E-state index contributed by atoms with van der Waals surface area (Å²) >= 11 is 0. The normalized spacial score (nSPS) is 24.3. The monoisotopic (exact) mass is 306 g/mol. The quantitative estimate of drug-likeness (QED) is 0.915. The molecule has 0 saturated heterocycles. The van der Waals surface area contributed by atoms with E-state index in [0.29, 0.717) is 11.3 Å². The van der Waals surface area contributed by atoms with Crippen LogP contribution in [-0.2, 0) is 16.6 Å². The van der Waals surface area contributed by atoms with Gasteiger partial charge in [-0.3, -0.25) is 9.59 Å². The van der Waals surface area contributed by atoms with Gasteiger partial charge in [-0.1, -0.05) is 36.4 Å². The minimum Gasteiger partial charge on any atom is -0.366 e. The summed E-state index contributed by atoms with van der Waals surface area (Å²) in [5, 5.41) is 2.90. The lowest BCUT2D eigenvalue weighted by molar-refractivity contribution is -0.117. The Labute approximate surface area is 134 Å². The van der Waals surface area contributed by atoms with Gasteiger partial charge in [0, 0.05) is 11.3 Å². The standard InChI is InChI=1S/C19H18N2O2/c20-17(22)13-6-2-4-8-16(13)21-18(23)15-11-19(15)10-9-12-5-1-3-7-14(12)19/h1-8,15H,9-11H2,(H2,20,22)(H,21,23)/t15-,19-/m0/s1. The third-order valence-corrected chi connectivity index (χ3v) is 5.24. The van der Waals surface area contributed by atoms with E-state index in [2.05, 4.69) is 23.5 Å². The van der Waals surface area contributed by atoms with Crippen LogP contribution in [0, 0.1) is 5.92 Å². The molecule has 2 aliphatic carbocycles. The largest absolute Gasteiger partial charge is 0.366 e. The first-order chi connectivity index (χ1) is 11.1. The number of primary amides is 1. The first-order valence-electron chi connectivity index (χ1n) is 7.90. The minimum absolute atomic E-state index is 0.00233. The molecule has 2 aliphatic rings. The van der Waals surface area contributed by atoms with Gasteiger partial charge in [0.25, 0.3) is 5.91 Å². The Hall–Kier alpha value is -2.62. The fraction of sp³-hybridized carbons (Fsp3) is 0.263. The minimum atomic E-state index is -0.530. The molecule has 0 heterocycles. The van der Waals surface area contributed by atoms with Crippen molar-refractivity contribution in [3.05, 3.63) is 65.2 Å². The molecule has 116 valence electrons. The molecule has 4 nitrogen and oxygen atoms in total. The van der Waals surface area contributed by atoms with Crippen LogP contribution in [0.4, 0.5) is 5.69 Å². The highest BCUT2D eigenvalue weighted by Crippen LogP contribution is 2.61. The molecule has 0 unspecified atom stereocenters. The molecule has 0 bridgehead atoms. The van der Waals surface area contributed by atoms with E-state index in [1.807, 2.05) is 6.07 Å². The SMILES string of the molecule is NC(=O)c1ccccc1NC(=O)[C@@H]1C[C@]12CCc1ccccc12. The Morgan fingerprint density at radius 3 is 2.65 bits per heavy atom. The van der Waals surface area contributed by atoms with E-state index >= 15 is 0 Å². The van der Waals surface area contributed by atoms with Gasteiger partial charge in [0.2, 0.25) is 5.91 Å². The molecule has 1 saturated carbocycles. The maximum absolute atomic E-state index is 12.7. The molecule has 2 aromatic rings. The molecule has 2 atom stereocenters. The fourth-order valence-electron chi connectivity index (χ4n) is 3.97. The zero-order valence-electron chi connectivity index (χ0n) is 12.7. The zero-order valence-corrected chi connectivity index (χ0v) is 12.7. The van der Waals surface area contributed by atoms with Crippen molar-refractivity contribution < 1.29 is 9.59 Å². The van der Waals surface area contributed by atoms with E-state index in [1.165, 1.54) is 11.1 Å². The van der Waals surface area contributed by atoms with Crippen molar-refractivity contribution in [3.8, 4) is 0 Å². The highest BCUT2D eigenvalue weighted by molar-refractivity contribution is 6.04. The molecule has 2 aromatic carbocycles. The van der Waals surface area contributed by atoms with Gasteiger partial charge < -0.3 is 11.1 Å². The number of nitrogens with two attached hydrogens (primary N) is 1. The van der Waals surface area contributed by atoms with Crippen LogP contribution in [0.3, 0.4) is 0 Å². The second-order valence-corrected chi connectivity index (χ2v) is 6.47. The molecule has 0 aliphatic heterocycles. The van der Waals surface area contributed by atoms with Crippen molar-refractivity contribution in [2.24, 2.45) is 11.7 Å². The van der Waals surface area contributed by atoms with Crippen LogP contribution < -0.4 is 11.1 Å². The van der Waals surface area contributed by atoms with Crippen molar-refractivity contribution in [1.82, 2.24) is 0 Å². The van der Waals surface area contributed by atoms with Crippen LogP contribution in [-0.4, -0.2) is 11.8 Å². The van der Waals surface area contributed by atoms with Gasteiger partial charge in [-0.25, -0.2) is 0 Å². The van der Waals surface area contributed by atoms with E-state index in [1.54, 1.807) is 24.3 Å². The Morgan fingerprint density at radius 1 is 1.09 bits per heavy atom. The van der Waals surface area contributed by atoms with Crippen LogP contribution in [0.1, 0.15) is 34.3 Å². The second-order valence-electron chi connectivity index (χ2n) is 6.47. The zero-order chi connectivity index (χ0) is 16.0. The van der Waals surface area contributed by atoms with Crippen LogP contribution in [0.5, 0.6) is 0 Å². The number of hydrogen-bond acceptors (Lipinski definition) is 2. The molecule has 23 heavy (non-hydrogen) atoms. The van der Waals surface area contributed by atoms with E-state index in [-0.39, 0.29) is 17.2 Å². The number of rotatable bonds is 3. The van der Waals surface area contributed by atoms with Gasteiger partial charge in [-0.15, -0.1) is 0 Å². The van der Waals surface area contributed by atoms with Crippen LogP contribution in [0.25, 0.3) is 0 Å². The maximum Gasteiger partial charge on any atom is 0.250 e. The first-order valence-corrected chi connectivity index (χ1v) is 7.90. The van der Waals surface area contributed by atoms with Gasteiger partial charge in [0.05, 0.1) is 11.3 Å². The molecular weight excluding hydrogens is 288 g/mol. The Bertz CT molecular complexity index is 815. The van der Waals surface area contributed by atoms with Crippen molar-refractivity contribution in [1.29, 1.82) is 0 Å². The van der Waals surface area contributed by atoms with Crippen molar-refractivity contribution >= 4 is 17.5 Å². The van der Waals surface area contributed by atoms with E-state index in [4.69, 9.17) is 5.73 Å². The summed E-state index contributed by atoms with van der Waals surface area (Å²) in [6.07, 6.45) is 2.95. The number of carbonyl (C=O) groups is 2. The van der Waals surface area contributed by atoms with Crippen molar-refractivity contribution in [2.75, 3.05) is 5.32 Å². The second kappa shape index (κ2) is 4.95. The molecule has 1 spiro atoms. The van der Waals surface area contributed by atoms with Crippen molar-refractivity contribution in [2.45, 2.75) is 24.7 Å². The molecule has 1 fully saturated rings. The molecule has 4 rings (SSSR count). The third-order valence-electron chi connectivity index (χ3n) is 5.24. The predicted octanol–water partition coefficient (Wildman–Crippen LogP) is 2.63. The number of nitrogens with one attached hydrogen (secondary N) is 1. The van der Waals surface area contributed by atoms with Gasteiger partial charge in [-0.05, 0) is 42.5 Å². The molecule has 0 aromatic heterocycles. The molecule has 0 radical (unpaired) electrons. The maximum atomic E-state index is 12.7. The molecular formula is C19H18N2O2. The Kier molecular flexibility index (Phi) is 3.01. The van der Waals surface area contributed by atoms with Crippen LogP contribution >= 0.6 is 0 Å². The summed E-state index contributed by atoms with van der Waals surface area (Å²) in [6.45, 7) is 0. The van der Waals surface area contributed by atoms with Gasteiger partial charge in [0.15, 0.2) is 0 Å². The Morgan fingerprint density at radius 2 is 1.83 bits per heavy atom. The Balaban J connectivity index is 1.56. The molecule has 4 heteroatoms. The number of carbonyl (C=O) groups excluding carboxylic acids is 2. The van der Waals surface area contributed by atoms with E-state index in [9.17, 15) is 9.59 Å². The number of anilines is 1. The number of fused-ring (bicyclic) bond motifs is 2. The van der Waals surface area contributed by atoms with Gasteiger partial charge in [0.1, 0.15) is 0 Å². The van der Waals surface area contributed by atoms with Crippen LogP contribution in [0.2, 0.25) is 0 Å². The summed E-state index contributed by atoms with van der Waals surface area (Å²) < 4.78 is 0. The van der Waals surface area contributed by atoms with E-state index < -0.39 is 5.91 Å². The average molecular weight is 306 g/mol. The lowest BCUT2D eigenvalue weighted by Crippen LogP contribution is -2.22. The van der Waals surface area contributed by atoms with Gasteiger partial charge in [-0.2, -0.15) is 0 Å². The highest BCUT2D eigenvalue weighted by Gasteiger charge is 2.61. The highest BCUT2D eigenvalue weighted by atomic mass is 16.2. The predicted molar refractivity (Wildman–Crippen MR) is 88.1 cm³/mol.